The Morgan fingerprint density at radius 1 is 1.46 bits per heavy atom. The number of benzene rings is 1. The second-order valence-electron chi connectivity index (χ2n) is 6.29. The van der Waals surface area contributed by atoms with Gasteiger partial charge in [-0.2, -0.15) is 5.10 Å². The third-order valence-electron chi connectivity index (χ3n) is 4.46. The van der Waals surface area contributed by atoms with Gasteiger partial charge in [-0.3, -0.25) is 14.3 Å². The Labute approximate surface area is 139 Å². The number of carbonyl (C=O) groups is 2. The number of nitrogens with zero attached hydrogens (tertiary/aromatic N) is 2. The summed E-state index contributed by atoms with van der Waals surface area (Å²) in [5.41, 5.74) is 1.71. The van der Waals surface area contributed by atoms with Crippen molar-refractivity contribution in [2.45, 2.75) is 25.8 Å². The van der Waals surface area contributed by atoms with E-state index in [1.165, 1.54) is 12.8 Å². The van der Waals surface area contributed by atoms with Crippen molar-refractivity contribution in [3.63, 3.8) is 0 Å². The highest BCUT2D eigenvalue weighted by molar-refractivity contribution is 6.05. The zero-order valence-corrected chi connectivity index (χ0v) is 13.3. The summed E-state index contributed by atoms with van der Waals surface area (Å²) in [7, 11) is 0. The van der Waals surface area contributed by atoms with Crippen LogP contribution in [0.4, 0.5) is 11.4 Å². The number of fused-ring (bicyclic) bond motifs is 1. The summed E-state index contributed by atoms with van der Waals surface area (Å²) >= 11 is 0. The minimum Gasteiger partial charge on any atom is -0.482 e. The zero-order valence-electron chi connectivity index (χ0n) is 13.3. The van der Waals surface area contributed by atoms with Crippen molar-refractivity contribution in [2.75, 3.05) is 17.2 Å². The van der Waals surface area contributed by atoms with E-state index in [4.69, 9.17) is 4.74 Å². The molecule has 2 aliphatic rings. The first-order chi connectivity index (χ1) is 11.6. The molecule has 1 saturated carbocycles. The summed E-state index contributed by atoms with van der Waals surface area (Å²) in [5, 5.41) is 9.87. The molecule has 7 nitrogen and oxygen atoms in total. The minimum absolute atomic E-state index is 0.0378. The molecule has 2 amide bonds. The van der Waals surface area contributed by atoms with Crippen molar-refractivity contribution in [2.24, 2.45) is 5.92 Å². The van der Waals surface area contributed by atoms with E-state index in [9.17, 15) is 9.59 Å². The van der Waals surface area contributed by atoms with E-state index in [-0.39, 0.29) is 18.4 Å². The van der Waals surface area contributed by atoms with Crippen molar-refractivity contribution < 1.29 is 14.3 Å². The van der Waals surface area contributed by atoms with Crippen LogP contribution in [-0.4, -0.2) is 28.2 Å². The van der Waals surface area contributed by atoms with Gasteiger partial charge in [0.25, 0.3) is 11.8 Å². The van der Waals surface area contributed by atoms with Gasteiger partial charge in [0.1, 0.15) is 5.75 Å². The van der Waals surface area contributed by atoms with E-state index in [2.05, 4.69) is 22.7 Å². The van der Waals surface area contributed by atoms with Crippen LogP contribution < -0.4 is 15.4 Å². The van der Waals surface area contributed by atoms with Crippen LogP contribution in [0.25, 0.3) is 0 Å². The van der Waals surface area contributed by atoms with Crippen molar-refractivity contribution in [3.05, 3.63) is 36.2 Å². The third-order valence-corrected chi connectivity index (χ3v) is 4.46. The van der Waals surface area contributed by atoms with Gasteiger partial charge in [-0.25, -0.2) is 0 Å². The topological polar surface area (TPSA) is 85.2 Å². The smallest absolute Gasteiger partial charge is 0.262 e. The highest BCUT2D eigenvalue weighted by Crippen LogP contribution is 2.39. The number of ether oxygens (including phenoxy) is 1. The summed E-state index contributed by atoms with van der Waals surface area (Å²) in [4.78, 5) is 23.7. The number of amides is 2. The molecular formula is C17H18N4O3. The van der Waals surface area contributed by atoms with Crippen LogP contribution in [0.3, 0.4) is 0 Å². The number of nitrogens with one attached hydrogen (secondary N) is 2. The molecule has 2 aromatic rings. The Hall–Kier alpha value is -2.83. The fraction of sp³-hybridized carbons (Fsp3) is 0.353. The first kappa shape index (κ1) is 14.7. The van der Waals surface area contributed by atoms with Crippen molar-refractivity contribution in [3.8, 4) is 5.75 Å². The van der Waals surface area contributed by atoms with Crippen LogP contribution in [0.2, 0.25) is 0 Å². The predicted molar refractivity (Wildman–Crippen MR) is 88.2 cm³/mol. The average Bonchev–Trinajstić information content (AvgIpc) is 3.33. The quantitative estimate of drug-likeness (QED) is 0.903. The first-order valence-electron chi connectivity index (χ1n) is 8.02. The lowest BCUT2D eigenvalue weighted by Gasteiger charge is -2.18. The van der Waals surface area contributed by atoms with Crippen LogP contribution in [0, 0.1) is 5.92 Å². The van der Waals surface area contributed by atoms with E-state index in [1.807, 2.05) is 10.9 Å². The van der Waals surface area contributed by atoms with Gasteiger partial charge in [-0.1, -0.05) is 0 Å². The minimum atomic E-state index is -0.239. The van der Waals surface area contributed by atoms with E-state index >= 15 is 0 Å². The van der Waals surface area contributed by atoms with Gasteiger partial charge in [-0.15, -0.1) is 0 Å². The van der Waals surface area contributed by atoms with Crippen LogP contribution in [0.5, 0.6) is 5.75 Å². The number of hydrogen-bond acceptors (Lipinski definition) is 4. The molecule has 24 heavy (non-hydrogen) atoms. The van der Waals surface area contributed by atoms with Crippen molar-refractivity contribution >= 4 is 23.2 Å². The van der Waals surface area contributed by atoms with Gasteiger partial charge in [0, 0.05) is 11.8 Å². The molecule has 0 bridgehead atoms. The summed E-state index contributed by atoms with van der Waals surface area (Å²) in [5.74, 6) is 0.760. The second kappa shape index (κ2) is 5.67. The fourth-order valence-electron chi connectivity index (χ4n) is 2.84. The van der Waals surface area contributed by atoms with E-state index < -0.39 is 0 Å². The van der Waals surface area contributed by atoms with Gasteiger partial charge in [0.15, 0.2) is 6.61 Å². The Bertz CT molecular complexity index is 810. The maximum absolute atomic E-state index is 12.4. The van der Waals surface area contributed by atoms with Crippen LogP contribution in [0.15, 0.2) is 30.6 Å². The van der Waals surface area contributed by atoms with Gasteiger partial charge >= 0.3 is 0 Å². The maximum Gasteiger partial charge on any atom is 0.262 e. The molecule has 1 aliphatic carbocycles. The van der Waals surface area contributed by atoms with E-state index in [0.29, 0.717) is 34.6 Å². The number of carbonyl (C=O) groups excluding carboxylic acids is 2. The Morgan fingerprint density at radius 2 is 2.29 bits per heavy atom. The van der Waals surface area contributed by atoms with Crippen molar-refractivity contribution in [1.82, 2.24) is 9.78 Å². The molecule has 0 spiro atoms. The van der Waals surface area contributed by atoms with Gasteiger partial charge in [-0.05, 0) is 43.9 Å². The van der Waals surface area contributed by atoms with Crippen LogP contribution in [-0.2, 0) is 4.79 Å². The summed E-state index contributed by atoms with van der Waals surface area (Å²) in [6.45, 7) is 2.11. The maximum atomic E-state index is 12.4. The Balaban J connectivity index is 1.47. The Kier molecular flexibility index (Phi) is 3.48. The lowest BCUT2D eigenvalue weighted by atomic mass is 10.1. The third kappa shape index (κ3) is 2.84. The highest BCUT2D eigenvalue weighted by Gasteiger charge is 2.29. The molecule has 0 saturated heterocycles. The predicted octanol–water partition coefficient (Wildman–Crippen LogP) is 2.44. The molecule has 4 rings (SSSR count). The van der Waals surface area contributed by atoms with E-state index in [1.54, 1.807) is 24.4 Å². The van der Waals surface area contributed by atoms with Gasteiger partial charge in [0.05, 0.1) is 23.6 Å². The standard InChI is InChI=1S/C17H18N4O3/c1-10(11-2-3-11)21-8-13(7-18-21)19-17(23)12-4-5-14-15(6-12)24-9-16(22)20-14/h4-8,10-11H,2-3,9H2,1H3,(H,19,23)(H,20,22). The molecule has 1 fully saturated rings. The zero-order chi connectivity index (χ0) is 16.7. The molecule has 2 N–H and O–H groups in total. The highest BCUT2D eigenvalue weighted by atomic mass is 16.5. The number of aromatic nitrogens is 2. The second-order valence-corrected chi connectivity index (χ2v) is 6.29. The normalized spacial score (nSPS) is 17.5. The summed E-state index contributed by atoms with van der Waals surface area (Å²) in [6.07, 6.45) is 6.00. The molecule has 2 heterocycles. The molecule has 1 unspecified atom stereocenters. The molecule has 1 aliphatic heterocycles. The van der Waals surface area contributed by atoms with Gasteiger partial charge in [0.2, 0.25) is 0 Å². The fourth-order valence-corrected chi connectivity index (χ4v) is 2.84. The molecular weight excluding hydrogens is 308 g/mol. The molecule has 1 aromatic carbocycles. The number of rotatable bonds is 4. The molecule has 1 atom stereocenters. The van der Waals surface area contributed by atoms with Crippen LogP contribution >= 0.6 is 0 Å². The molecule has 7 heteroatoms. The lowest BCUT2D eigenvalue weighted by Crippen LogP contribution is -2.25. The summed E-state index contributed by atoms with van der Waals surface area (Å²) in [6, 6.07) is 5.30. The van der Waals surface area contributed by atoms with Gasteiger partial charge < -0.3 is 15.4 Å². The monoisotopic (exact) mass is 326 g/mol. The lowest BCUT2D eigenvalue weighted by molar-refractivity contribution is -0.118. The Morgan fingerprint density at radius 3 is 3.08 bits per heavy atom. The summed E-state index contributed by atoms with van der Waals surface area (Å²) < 4.78 is 7.24. The van der Waals surface area contributed by atoms with Crippen molar-refractivity contribution in [1.29, 1.82) is 0 Å². The number of anilines is 2. The van der Waals surface area contributed by atoms with E-state index in [0.717, 1.165) is 0 Å². The van der Waals surface area contributed by atoms with Crippen LogP contribution in [0.1, 0.15) is 36.2 Å². The SMILES string of the molecule is CC(C1CC1)n1cc(NC(=O)c2ccc3c(c2)OCC(=O)N3)cn1. The molecule has 1 aromatic heterocycles. The molecule has 124 valence electrons. The largest absolute Gasteiger partial charge is 0.482 e. The first-order valence-corrected chi connectivity index (χ1v) is 8.02. The number of hydrogen-bond donors (Lipinski definition) is 2. The average molecular weight is 326 g/mol. The molecule has 0 radical (unpaired) electrons.